The standard InChI is InChI=1S/C42H70N2O4/c1-28(2)29-12-17-42(20-23-44-24-21-43-22-25-44)19-18-40(8)30(36(29)42)10-11-32-39(7)15-14-33(38(5,6)31(39)13-16-41(32,40)9)48-35(47)27-37(3,4)26-34(45)46/h29-33,36,43H,1,10-27H2,2-9H3,(H,45,46)/t29?,30-,31?,32?,33?,36?,39+,40-,41-,42-/m1/s1. The van der Waals surface area contributed by atoms with Crippen molar-refractivity contribution in [2.45, 2.75) is 145 Å². The zero-order valence-corrected chi connectivity index (χ0v) is 32.0. The van der Waals surface area contributed by atoms with Gasteiger partial charge in [0.1, 0.15) is 6.10 Å². The second kappa shape index (κ2) is 12.7. The fraction of sp³-hybridized carbons (Fsp3) is 0.905. The third-order valence-corrected chi connectivity index (χ3v) is 16.8. The molecule has 0 radical (unpaired) electrons. The maximum Gasteiger partial charge on any atom is 0.306 e. The van der Waals surface area contributed by atoms with Crippen molar-refractivity contribution in [2.24, 2.45) is 62.1 Å². The maximum atomic E-state index is 13.2. The van der Waals surface area contributed by atoms with E-state index in [1.54, 1.807) is 0 Å². The summed E-state index contributed by atoms with van der Waals surface area (Å²) in [5, 5.41) is 12.9. The SMILES string of the molecule is C=C(C)C1CC[C@]2(CCN3CCNCC3)CC[C@]3(C)[C@H](CCC4[C@@]5(C)CCC(OC(=O)CC(C)(C)CC(=O)O)C(C)(C)C5CC[C@]43C)C12. The number of piperazine rings is 1. The number of aliphatic carboxylic acids is 1. The summed E-state index contributed by atoms with van der Waals surface area (Å²) in [6.45, 7) is 29.5. The molecule has 6 fully saturated rings. The molecule has 0 aromatic rings. The minimum Gasteiger partial charge on any atom is -0.481 e. The Balaban J connectivity index is 1.22. The van der Waals surface area contributed by atoms with E-state index in [4.69, 9.17) is 4.74 Å². The number of carboxylic acid groups (broad SMARTS) is 1. The van der Waals surface area contributed by atoms with Gasteiger partial charge in [0.15, 0.2) is 0 Å². The number of nitrogens with one attached hydrogen (secondary N) is 1. The van der Waals surface area contributed by atoms with Crippen molar-refractivity contribution < 1.29 is 19.4 Å². The summed E-state index contributed by atoms with van der Waals surface area (Å²) in [5.74, 6) is 2.33. The Bertz CT molecular complexity index is 1250. The van der Waals surface area contributed by atoms with Crippen molar-refractivity contribution >= 4 is 11.9 Å². The van der Waals surface area contributed by atoms with Crippen LogP contribution in [0.15, 0.2) is 12.2 Å². The van der Waals surface area contributed by atoms with E-state index >= 15 is 0 Å². The van der Waals surface area contributed by atoms with Gasteiger partial charge in [-0.15, -0.1) is 0 Å². The highest BCUT2D eigenvalue weighted by Gasteiger charge is 2.71. The van der Waals surface area contributed by atoms with Crippen molar-refractivity contribution in [1.82, 2.24) is 10.2 Å². The molecule has 0 aromatic carbocycles. The highest BCUT2D eigenvalue weighted by atomic mass is 16.5. The lowest BCUT2D eigenvalue weighted by Crippen LogP contribution is -2.66. The molecule has 272 valence electrons. The highest BCUT2D eigenvalue weighted by molar-refractivity contribution is 5.73. The van der Waals surface area contributed by atoms with Gasteiger partial charge in [0, 0.05) is 31.6 Å². The molecule has 1 aliphatic heterocycles. The van der Waals surface area contributed by atoms with Crippen molar-refractivity contribution in [2.75, 3.05) is 32.7 Å². The molecule has 6 rings (SSSR count). The second-order valence-corrected chi connectivity index (χ2v) is 20.1. The molecule has 5 unspecified atom stereocenters. The molecule has 48 heavy (non-hydrogen) atoms. The fourth-order valence-electron chi connectivity index (χ4n) is 14.3. The smallest absolute Gasteiger partial charge is 0.306 e. The van der Waals surface area contributed by atoms with E-state index in [1.165, 1.54) is 83.0 Å². The molecule has 0 bridgehead atoms. The Morgan fingerprint density at radius 2 is 1.58 bits per heavy atom. The number of hydrogen-bond acceptors (Lipinski definition) is 5. The van der Waals surface area contributed by atoms with Gasteiger partial charge in [-0.3, -0.25) is 9.59 Å². The lowest BCUT2D eigenvalue weighted by Gasteiger charge is -2.73. The summed E-state index contributed by atoms with van der Waals surface area (Å²) in [6, 6.07) is 0. The quantitative estimate of drug-likeness (QED) is 0.189. The van der Waals surface area contributed by atoms with Crippen molar-refractivity contribution in [3.8, 4) is 0 Å². The molecule has 1 saturated heterocycles. The molecule has 2 N–H and O–H groups in total. The molecule has 6 nitrogen and oxygen atoms in total. The first-order chi connectivity index (χ1) is 22.4. The number of nitrogens with zero attached hydrogens (tertiary/aromatic N) is 1. The van der Waals surface area contributed by atoms with Gasteiger partial charge in [0.05, 0.1) is 12.8 Å². The maximum absolute atomic E-state index is 13.2. The Kier molecular flexibility index (Phi) is 9.61. The van der Waals surface area contributed by atoms with Crippen molar-refractivity contribution in [1.29, 1.82) is 0 Å². The zero-order chi connectivity index (χ0) is 34.9. The van der Waals surface area contributed by atoms with Crippen LogP contribution in [0, 0.1) is 62.1 Å². The summed E-state index contributed by atoms with van der Waals surface area (Å²) in [6.07, 6.45) is 14.1. The van der Waals surface area contributed by atoms with Crippen LogP contribution < -0.4 is 5.32 Å². The van der Waals surface area contributed by atoms with E-state index in [-0.39, 0.29) is 35.7 Å². The average molecular weight is 667 g/mol. The van der Waals surface area contributed by atoms with Gasteiger partial charge in [-0.1, -0.05) is 60.6 Å². The first kappa shape index (κ1) is 36.4. The Morgan fingerprint density at radius 1 is 0.875 bits per heavy atom. The van der Waals surface area contributed by atoms with Gasteiger partial charge in [-0.05, 0) is 141 Å². The third-order valence-electron chi connectivity index (χ3n) is 16.8. The van der Waals surface area contributed by atoms with Gasteiger partial charge >= 0.3 is 11.9 Å². The number of rotatable bonds is 9. The van der Waals surface area contributed by atoms with Gasteiger partial charge in [0.25, 0.3) is 0 Å². The predicted molar refractivity (Wildman–Crippen MR) is 193 cm³/mol. The fourth-order valence-corrected chi connectivity index (χ4v) is 14.3. The number of carbonyl (C=O) groups excluding carboxylic acids is 1. The van der Waals surface area contributed by atoms with E-state index in [1.807, 2.05) is 13.8 Å². The molecular formula is C42H70N2O4. The number of carbonyl (C=O) groups is 2. The lowest BCUT2D eigenvalue weighted by molar-refractivity contribution is -0.250. The summed E-state index contributed by atoms with van der Waals surface area (Å²) in [5.41, 5.74) is 2.09. The number of esters is 1. The van der Waals surface area contributed by atoms with Gasteiger partial charge < -0.3 is 20.1 Å². The topological polar surface area (TPSA) is 78.9 Å². The summed E-state index contributed by atoms with van der Waals surface area (Å²) in [4.78, 5) is 27.3. The van der Waals surface area contributed by atoms with Crippen molar-refractivity contribution in [3.05, 3.63) is 12.2 Å². The highest BCUT2D eigenvalue weighted by Crippen LogP contribution is 2.78. The van der Waals surface area contributed by atoms with Crippen LogP contribution >= 0.6 is 0 Å². The predicted octanol–water partition coefficient (Wildman–Crippen LogP) is 8.74. The molecule has 1 heterocycles. The van der Waals surface area contributed by atoms with Crippen LogP contribution in [-0.2, 0) is 14.3 Å². The molecule has 0 spiro atoms. The third kappa shape index (κ3) is 5.93. The average Bonchev–Trinajstić information content (AvgIpc) is 3.38. The van der Waals surface area contributed by atoms with E-state index in [0.29, 0.717) is 34.0 Å². The molecule has 0 aromatic heterocycles. The second-order valence-electron chi connectivity index (χ2n) is 20.1. The molecular weight excluding hydrogens is 596 g/mol. The van der Waals surface area contributed by atoms with Crippen LogP contribution in [-0.4, -0.2) is 60.8 Å². The zero-order valence-electron chi connectivity index (χ0n) is 32.0. The lowest BCUT2D eigenvalue weighted by atomic mass is 9.32. The van der Waals surface area contributed by atoms with Gasteiger partial charge in [0.2, 0.25) is 0 Å². The van der Waals surface area contributed by atoms with Crippen LogP contribution in [0.25, 0.3) is 0 Å². The monoisotopic (exact) mass is 667 g/mol. The van der Waals surface area contributed by atoms with E-state index in [0.717, 1.165) is 37.8 Å². The Labute approximate surface area is 293 Å². The number of hydrogen-bond donors (Lipinski definition) is 2. The minimum atomic E-state index is -0.864. The molecule has 6 heteroatoms. The van der Waals surface area contributed by atoms with Crippen LogP contribution in [0.5, 0.6) is 0 Å². The van der Waals surface area contributed by atoms with E-state index < -0.39 is 11.4 Å². The van der Waals surface area contributed by atoms with E-state index in [2.05, 4.69) is 58.3 Å². The number of carboxylic acids is 1. The first-order valence-corrected chi connectivity index (χ1v) is 19.9. The van der Waals surface area contributed by atoms with E-state index in [9.17, 15) is 14.7 Å². The van der Waals surface area contributed by atoms with Crippen molar-refractivity contribution in [3.63, 3.8) is 0 Å². The minimum absolute atomic E-state index is 0.0257. The largest absolute Gasteiger partial charge is 0.481 e. The summed E-state index contributed by atoms with van der Waals surface area (Å²) in [7, 11) is 0. The molecule has 5 saturated carbocycles. The Hall–Kier alpha value is -1.40. The summed E-state index contributed by atoms with van der Waals surface area (Å²) < 4.78 is 6.30. The number of ether oxygens (including phenoxy) is 1. The van der Waals surface area contributed by atoms with Crippen LogP contribution in [0.3, 0.4) is 0 Å². The van der Waals surface area contributed by atoms with Crippen LogP contribution in [0.4, 0.5) is 0 Å². The molecule has 5 aliphatic carbocycles. The molecule has 0 amide bonds. The molecule has 10 atom stereocenters. The van der Waals surface area contributed by atoms with Gasteiger partial charge in [-0.25, -0.2) is 0 Å². The van der Waals surface area contributed by atoms with Crippen LogP contribution in [0.2, 0.25) is 0 Å². The summed E-state index contributed by atoms with van der Waals surface area (Å²) >= 11 is 0. The first-order valence-electron chi connectivity index (χ1n) is 19.9. The Morgan fingerprint density at radius 3 is 2.25 bits per heavy atom. The number of fused-ring (bicyclic) bond motifs is 7. The van der Waals surface area contributed by atoms with Crippen LogP contribution in [0.1, 0.15) is 139 Å². The number of allylic oxidation sites excluding steroid dienone is 1. The van der Waals surface area contributed by atoms with Gasteiger partial charge in [-0.2, -0.15) is 0 Å². The normalized spacial score (nSPS) is 44.1. The molecule has 6 aliphatic rings.